The molecular formula is C11H5F3N4O2. The van der Waals surface area contributed by atoms with Crippen molar-refractivity contribution in [3.05, 3.63) is 46.3 Å². The zero-order valence-corrected chi connectivity index (χ0v) is 9.56. The number of nitrogens with zero attached hydrogens (tertiary/aromatic N) is 3. The van der Waals surface area contributed by atoms with Crippen molar-refractivity contribution in [1.29, 1.82) is 0 Å². The van der Waals surface area contributed by atoms with E-state index in [1.807, 2.05) is 0 Å². The third kappa shape index (κ3) is 1.63. The van der Waals surface area contributed by atoms with Crippen molar-refractivity contribution >= 4 is 5.78 Å². The minimum absolute atomic E-state index is 0.0893. The van der Waals surface area contributed by atoms with E-state index >= 15 is 0 Å². The van der Waals surface area contributed by atoms with E-state index in [-0.39, 0.29) is 5.78 Å². The molecule has 0 aliphatic heterocycles. The highest BCUT2D eigenvalue weighted by Crippen LogP contribution is 2.29. The van der Waals surface area contributed by atoms with Crippen LogP contribution in [0.4, 0.5) is 13.2 Å². The molecule has 0 saturated heterocycles. The molecule has 3 aromatic rings. The Morgan fingerprint density at radius 1 is 1.25 bits per heavy atom. The Morgan fingerprint density at radius 2 is 2.00 bits per heavy atom. The molecule has 0 unspecified atom stereocenters. The third-order valence-corrected chi connectivity index (χ3v) is 2.69. The van der Waals surface area contributed by atoms with E-state index in [0.29, 0.717) is 12.1 Å². The first kappa shape index (κ1) is 12.2. The minimum Gasteiger partial charge on any atom is -0.493 e. The number of rotatable bonds is 1. The number of H-pyrrole nitrogens is 1. The van der Waals surface area contributed by atoms with Crippen LogP contribution in [0.3, 0.4) is 0 Å². The monoisotopic (exact) mass is 282 g/mol. The second-order valence-corrected chi connectivity index (χ2v) is 3.90. The molecule has 0 atom stereocenters. The van der Waals surface area contributed by atoms with E-state index in [1.165, 1.54) is 0 Å². The van der Waals surface area contributed by atoms with Crippen molar-refractivity contribution in [2.45, 2.75) is 0 Å². The number of aromatic amines is 1. The van der Waals surface area contributed by atoms with Crippen LogP contribution in [0.25, 0.3) is 16.9 Å². The fraction of sp³-hybridized carbons (Fsp3) is 0. The molecule has 0 amide bonds. The fourth-order valence-electron chi connectivity index (χ4n) is 1.83. The predicted octanol–water partition coefficient (Wildman–Crippen LogP) is 1.21. The van der Waals surface area contributed by atoms with Gasteiger partial charge in [-0.05, 0) is 6.07 Å². The van der Waals surface area contributed by atoms with E-state index in [1.54, 1.807) is 0 Å². The van der Waals surface area contributed by atoms with Gasteiger partial charge in [0.1, 0.15) is 17.7 Å². The van der Waals surface area contributed by atoms with Crippen LogP contribution in [0.2, 0.25) is 0 Å². The molecular weight excluding hydrogens is 277 g/mol. The van der Waals surface area contributed by atoms with Gasteiger partial charge in [0, 0.05) is 11.6 Å². The zero-order chi connectivity index (χ0) is 14.4. The topological polar surface area (TPSA) is 83.3 Å². The molecule has 0 saturated carbocycles. The summed E-state index contributed by atoms with van der Waals surface area (Å²) in [7, 11) is 0. The summed E-state index contributed by atoms with van der Waals surface area (Å²) in [5.41, 5.74) is -2.30. The van der Waals surface area contributed by atoms with Crippen LogP contribution in [-0.2, 0) is 0 Å². The maximum absolute atomic E-state index is 13.7. The van der Waals surface area contributed by atoms with Gasteiger partial charge in [-0.25, -0.2) is 13.2 Å². The molecule has 1 aromatic carbocycles. The first-order valence-electron chi connectivity index (χ1n) is 5.29. The molecule has 3 rings (SSSR count). The van der Waals surface area contributed by atoms with Crippen molar-refractivity contribution in [2.75, 3.05) is 0 Å². The van der Waals surface area contributed by atoms with Gasteiger partial charge >= 0.3 is 0 Å². The highest BCUT2D eigenvalue weighted by Gasteiger charge is 2.21. The smallest absolute Gasteiger partial charge is 0.264 e. The van der Waals surface area contributed by atoms with Gasteiger partial charge in [0.2, 0.25) is 11.7 Å². The normalized spacial score (nSPS) is 11.2. The summed E-state index contributed by atoms with van der Waals surface area (Å²) in [5.74, 6) is -4.88. The molecule has 0 bridgehead atoms. The third-order valence-electron chi connectivity index (χ3n) is 2.69. The first-order chi connectivity index (χ1) is 9.49. The largest absolute Gasteiger partial charge is 0.493 e. The van der Waals surface area contributed by atoms with Gasteiger partial charge in [-0.15, -0.1) is 0 Å². The van der Waals surface area contributed by atoms with Crippen LogP contribution in [0.1, 0.15) is 0 Å². The van der Waals surface area contributed by atoms with Crippen molar-refractivity contribution in [1.82, 2.24) is 19.6 Å². The zero-order valence-electron chi connectivity index (χ0n) is 9.56. The minimum atomic E-state index is -1.47. The number of benzene rings is 1. The fourth-order valence-corrected chi connectivity index (χ4v) is 1.83. The lowest BCUT2D eigenvalue weighted by Crippen LogP contribution is -2.14. The number of halogens is 3. The summed E-state index contributed by atoms with van der Waals surface area (Å²) in [6.07, 6.45) is 1.04. The number of hydrogen-bond acceptors (Lipinski definition) is 4. The summed E-state index contributed by atoms with van der Waals surface area (Å²) >= 11 is 0. The van der Waals surface area contributed by atoms with Crippen LogP contribution in [0.5, 0.6) is 5.88 Å². The molecule has 0 fully saturated rings. The average Bonchev–Trinajstić information content (AvgIpc) is 2.83. The van der Waals surface area contributed by atoms with E-state index < -0.39 is 40.0 Å². The van der Waals surface area contributed by atoms with Gasteiger partial charge in [-0.2, -0.15) is 14.6 Å². The van der Waals surface area contributed by atoms with Crippen LogP contribution in [-0.4, -0.2) is 24.7 Å². The van der Waals surface area contributed by atoms with Crippen LogP contribution >= 0.6 is 0 Å². The highest BCUT2D eigenvalue weighted by atomic mass is 19.2. The number of aromatic nitrogens is 4. The maximum atomic E-state index is 13.7. The van der Waals surface area contributed by atoms with Gasteiger partial charge in [-0.3, -0.25) is 9.78 Å². The van der Waals surface area contributed by atoms with Crippen molar-refractivity contribution in [3.8, 4) is 17.0 Å². The molecule has 20 heavy (non-hydrogen) atoms. The SMILES string of the molecule is O=c1[nH]c2ncnn2c(O)c1-c1cc(F)cc(F)c1F. The number of fused-ring (bicyclic) bond motifs is 1. The second kappa shape index (κ2) is 4.08. The lowest BCUT2D eigenvalue weighted by molar-refractivity contribution is 0.435. The van der Waals surface area contributed by atoms with Gasteiger partial charge in [-0.1, -0.05) is 0 Å². The lowest BCUT2D eigenvalue weighted by Gasteiger charge is -2.07. The summed E-state index contributed by atoms with van der Waals surface area (Å²) in [6, 6.07) is 0.934. The molecule has 0 radical (unpaired) electrons. The van der Waals surface area contributed by atoms with Crippen LogP contribution in [0, 0.1) is 17.5 Å². The summed E-state index contributed by atoms with van der Waals surface area (Å²) in [4.78, 5) is 17.7. The molecule has 2 aromatic heterocycles. The van der Waals surface area contributed by atoms with Crippen LogP contribution in [0.15, 0.2) is 23.3 Å². The molecule has 2 N–H and O–H groups in total. The van der Waals surface area contributed by atoms with Gasteiger partial charge in [0.25, 0.3) is 5.56 Å². The molecule has 0 aliphatic rings. The average molecular weight is 282 g/mol. The summed E-state index contributed by atoms with van der Waals surface area (Å²) < 4.78 is 40.9. The maximum Gasteiger partial charge on any atom is 0.264 e. The highest BCUT2D eigenvalue weighted by molar-refractivity contribution is 5.69. The van der Waals surface area contributed by atoms with Gasteiger partial charge < -0.3 is 5.11 Å². The van der Waals surface area contributed by atoms with Crippen molar-refractivity contribution < 1.29 is 18.3 Å². The molecule has 2 heterocycles. The Kier molecular flexibility index (Phi) is 2.49. The molecule has 0 aliphatic carbocycles. The van der Waals surface area contributed by atoms with Crippen molar-refractivity contribution in [3.63, 3.8) is 0 Å². The Hall–Kier alpha value is -2.84. The Balaban J connectivity index is 2.43. The first-order valence-corrected chi connectivity index (χ1v) is 5.29. The van der Waals surface area contributed by atoms with E-state index in [2.05, 4.69) is 15.1 Å². The number of aromatic hydroxyl groups is 1. The van der Waals surface area contributed by atoms with E-state index in [4.69, 9.17) is 0 Å². The predicted molar refractivity (Wildman–Crippen MR) is 60.6 cm³/mol. The Morgan fingerprint density at radius 3 is 2.75 bits per heavy atom. The van der Waals surface area contributed by atoms with Gasteiger partial charge in [0.15, 0.2) is 11.6 Å². The second-order valence-electron chi connectivity index (χ2n) is 3.90. The summed E-state index contributed by atoms with van der Waals surface area (Å²) in [6.45, 7) is 0. The standard InChI is InChI=1S/C11H5F3N4O2/c12-4-1-5(8(14)6(13)2-4)7-9(19)17-11-15-3-16-18(11)10(7)20/h1-3,20H,(H,15,16,17,19). The number of nitrogens with one attached hydrogen (secondary N) is 1. The van der Waals surface area contributed by atoms with Gasteiger partial charge in [0.05, 0.1) is 0 Å². The summed E-state index contributed by atoms with van der Waals surface area (Å²) in [5, 5.41) is 13.5. The quantitative estimate of drug-likeness (QED) is 0.657. The van der Waals surface area contributed by atoms with Crippen LogP contribution < -0.4 is 5.56 Å². The van der Waals surface area contributed by atoms with E-state index in [9.17, 15) is 23.1 Å². The molecule has 9 heteroatoms. The molecule has 6 nitrogen and oxygen atoms in total. The Labute approximate surface area is 108 Å². The number of hydrogen-bond donors (Lipinski definition) is 2. The molecule has 102 valence electrons. The van der Waals surface area contributed by atoms with Crippen molar-refractivity contribution in [2.24, 2.45) is 0 Å². The van der Waals surface area contributed by atoms with E-state index in [0.717, 1.165) is 10.8 Å². The lowest BCUT2D eigenvalue weighted by atomic mass is 10.1. The Bertz CT molecular complexity index is 887. The molecule has 0 spiro atoms.